The lowest BCUT2D eigenvalue weighted by Crippen LogP contribution is -2.21. The molecule has 0 fully saturated rings. The first-order valence-corrected chi connectivity index (χ1v) is 4.31. The summed E-state index contributed by atoms with van der Waals surface area (Å²) in [5.74, 6) is -2.88. The lowest BCUT2D eigenvalue weighted by Gasteiger charge is -2.12. The Labute approximate surface area is 92.2 Å². The monoisotopic (exact) mass is 228 g/mol. The molecule has 0 aromatic carbocycles. The van der Waals surface area contributed by atoms with Gasteiger partial charge in [-0.1, -0.05) is 6.58 Å². The zero-order valence-electron chi connectivity index (χ0n) is 8.93. The maximum atomic E-state index is 11.0. The molecular formula is C10H12O6. The second kappa shape index (κ2) is 6.39. The Bertz CT molecular complexity index is 341. The fourth-order valence-electron chi connectivity index (χ4n) is 0.618. The number of carbonyl (C=O) groups excluding carboxylic acids is 2. The van der Waals surface area contributed by atoms with Gasteiger partial charge in [0.1, 0.15) is 0 Å². The van der Waals surface area contributed by atoms with E-state index in [1.165, 1.54) is 13.8 Å². The van der Waals surface area contributed by atoms with Gasteiger partial charge in [0, 0.05) is 24.6 Å². The van der Waals surface area contributed by atoms with Crippen LogP contribution in [0.3, 0.4) is 0 Å². The van der Waals surface area contributed by atoms with E-state index in [0.717, 1.165) is 0 Å². The van der Waals surface area contributed by atoms with Crippen molar-refractivity contribution >= 4 is 17.9 Å². The van der Waals surface area contributed by atoms with Crippen molar-refractivity contribution in [3.8, 4) is 0 Å². The molecule has 0 saturated heterocycles. The van der Waals surface area contributed by atoms with Crippen molar-refractivity contribution in [1.29, 1.82) is 0 Å². The van der Waals surface area contributed by atoms with Gasteiger partial charge in [-0.05, 0) is 6.92 Å². The van der Waals surface area contributed by atoms with Crippen molar-refractivity contribution in [3.63, 3.8) is 0 Å². The number of aliphatic carboxylic acids is 1. The molecule has 0 aliphatic carbocycles. The van der Waals surface area contributed by atoms with Crippen LogP contribution in [0.4, 0.5) is 0 Å². The summed E-state index contributed by atoms with van der Waals surface area (Å²) in [7, 11) is 0. The largest absolute Gasteiger partial charge is 0.478 e. The summed E-state index contributed by atoms with van der Waals surface area (Å²) in [5, 5.41) is 8.22. The summed E-state index contributed by atoms with van der Waals surface area (Å²) < 4.78 is 9.17. The van der Waals surface area contributed by atoms with Crippen LogP contribution in [-0.4, -0.2) is 29.3 Å². The molecule has 1 atom stereocenters. The molecule has 0 spiro atoms. The van der Waals surface area contributed by atoms with Gasteiger partial charge in [-0.25, -0.2) is 14.4 Å². The number of esters is 2. The molecule has 6 nitrogen and oxygen atoms in total. The SMILES string of the molecule is C=C(C)C(=O)OC(C)OC(=O)/C=C\C(=O)O. The van der Waals surface area contributed by atoms with Crippen LogP contribution in [0.25, 0.3) is 0 Å². The first-order valence-electron chi connectivity index (χ1n) is 4.31. The Kier molecular flexibility index (Phi) is 5.55. The summed E-state index contributed by atoms with van der Waals surface area (Å²) >= 11 is 0. The zero-order valence-corrected chi connectivity index (χ0v) is 8.93. The molecule has 0 saturated carbocycles. The molecule has 0 radical (unpaired) electrons. The Morgan fingerprint density at radius 1 is 1.25 bits per heavy atom. The number of carboxylic acids is 1. The van der Waals surface area contributed by atoms with Crippen molar-refractivity contribution in [2.75, 3.05) is 0 Å². The highest BCUT2D eigenvalue weighted by atomic mass is 16.7. The van der Waals surface area contributed by atoms with Crippen LogP contribution in [0, 0.1) is 0 Å². The molecule has 0 aliphatic heterocycles. The minimum Gasteiger partial charge on any atom is -0.478 e. The number of rotatable bonds is 5. The maximum Gasteiger partial charge on any atom is 0.336 e. The minimum atomic E-state index is -1.27. The van der Waals surface area contributed by atoms with E-state index in [1.54, 1.807) is 0 Å². The van der Waals surface area contributed by atoms with Crippen molar-refractivity contribution in [1.82, 2.24) is 0 Å². The van der Waals surface area contributed by atoms with E-state index >= 15 is 0 Å². The van der Waals surface area contributed by atoms with Crippen molar-refractivity contribution < 1.29 is 29.0 Å². The second-order valence-electron chi connectivity index (χ2n) is 2.86. The first-order chi connectivity index (χ1) is 7.32. The van der Waals surface area contributed by atoms with Crippen LogP contribution in [0.1, 0.15) is 13.8 Å². The second-order valence-corrected chi connectivity index (χ2v) is 2.86. The van der Waals surface area contributed by atoms with Crippen LogP contribution in [0.2, 0.25) is 0 Å². The first kappa shape index (κ1) is 13.9. The van der Waals surface area contributed by atoms with Gasteiger partial charge in [0.2, 0.25) is 6.29 Å². The fourth-order valence-corrected chi connectivity index (χ4v) is 0.618. The molecule has 16 heavy (non-hydrogen) atoms. The van der Waals surface area contributed by atoms with Gasteiger partial charge >= 0.3 is 17.9 Å². The molecule has 0 aromatic heterocycles. The average molecular weight is 228 g/mol. The van der Waals surface area contributed by atoms with Crippen LogP contribution in [0.5, 0.6) is 0 Å². The summed E-state index contributed by atoms with van der Waals surface area (Å²) in [5.41, 5.74) is 0.170. The Morgan fingerprint density at radius 2 is 1.81 bits per heavy atom. The van der Waals surface area contributed by atoms with Crippen LogP contribution in [-0.2, 0) is 23.9 Å². The fraction of sp³-hybridized carbons (Fsp3) is 0.300. The normalized spacial score (nSPS) is 11.9. The summed E-state index contributed by atoms with van der Waals surface area (Å²) in [6.07, 6.45) is 0.235. The van der Waals surface area contributed by atoms with Crippen molar-refractivity contribution in [3.05, 3.63) is 24.3 Å². The zero-order chi connectivity index (χ0) is 12.7. The molecule has 0 aliphatic rings. The van der Waals surface area contributed by atoms with Crippen LogP contribution < -0.4 is 0 Å². The quantitative estimate of drug-likeness (QED) is 0.422. The van der Waals surface area contributed by atoms with Gasteiger partial charge in [-0.3, -0.25) is 0 Å². The predicted molar refractivity (Wildman–Crippen MR) is 53.2 cm³/mol. The van der Waals surface area contributed by atoms with Crippen LogP contribution in [0.15, 0.2) is 24.3 Å². The molecule has 0 amide bonds. The molecular weight excluding hydrogens is 216 g/mol. The Hall–Kier alpha value is -2.11. The summed E-state index contributed by atoms with van der Waals surface area (Å²) in [6.45, 7) is 6.11. The van der Waals surface area contributed by atoms with Gasteiger partial charge in [0.15, 0.2) is 0 Å². The van der Waals surface area contributed by atoms with E-state index in [-0.39, 0.29) is 5.57 Å². The smallest absolute Gasteiger partial charge is 0.336 e. The average Bonchev–Trinajstić information content (AvgIpc) is 2.14. The predicted octanol–water partition coefficient (Wildman–Crippen LogP) is 0.636. The molecule has 1 unspecified atom stereocenters. The highest BCUT2D eigenvalue weighted by molar-refractivity contribution is 5.91. The Balaban J connectivity index is 4.10. The Morgan fingerprint density at radius 3 is 2.25 bits per heavy atom. The van der Waals surface area contributed by atoms with E-state index in [2.05, 4.69) is 16.1 Å². The third-order valence-corrected chi connectivity index (χ3v) is 1.27. The molecule has 1 N–H and O–H groups in total. The lowest BCUT2D eigenvalue weighted by atomic mass is 10.4. The molecule has 0 heterocycles. The van der Waals surface area contributed by atoms with E-state index < -0.39 is 24.2 Å². The number of hydrogen-bond donors (Lipinski definition) is 1. The van der Waals surface area contributed by atoms with Gasteiger partial charge in [0.25, 0.3) is 0 Å². The molecule has 0 rings (SSSR count). The van der Waals surface area contributed by atoms with Crippen LogP contribution >= 0.6 is 0 Å². The topological polar surface area (TPSA) is 89.9 Å². The van der Waals surface area contributed by atoms with E-state index in [9.17, 15) is 14.4 Å². The highest BCUT2D eigenvalue weighted by Gasteiger charge is 2.12. The summed E-state index contributed by atoms with van der Waals surface area (Å²) in [4.78, 5) is 32.0. The number of carbonyl (C=O) groups is 3. The van der Waals surface area contributed by atoms with Crippen molar-refractivity contribution in [2.24, 2.45) is 0 Å². The number of carboxylic acid groups (broad SMARTS) is 1. The van der Waals surface area contributed by atoms with Gasteiger partial charge in [-0.15, -0.1) is 0 Å². The summed E-state index contributed by atoms with van der Waals surface area (Å²) in [6, 6.07) is 0. The third-order valence-electron chi connectivity index (χ3n) is 1.27. The highest BCUT2D eigenvalue weighted by Crippen LogP contribution is 2.00. The van der Waals surface area contributed by atoms with E-state index in [1.807, 2.05) is 0 Å². The van der Waals surface area contributed by atoms with Gasteiger partial charge in [0.05, 0.1) is 0 Å². The molecule has 0 aromatic rings. The number of ether oxygens (including phenoxy) is 2. The lowest BCUT2D eigenvalue weighted by molar-refractivity contribution is -0.178. The van der Waals surface area contributed by atoms with Gasteiger partial charge in [-0.2, -0.15) is 0 Å². The van der Waals surface area contributed by atoms with Crippen molar-refractivity contribution in [2.45, 2.75) is 20.1 Å². The molecule has 6 heteroatoms. The molecule has 88 valence electrons. The maximum absolute atomic E-state index is 11.0. The van der Waals surface area contributed by atoms with Gasteiger partial charge < -0.3 is 14.6 Å². The minimum absolute atomic E-state index is 0.170. The molecule has 0 bridgehead atoms. The van der Waals surface area contributed by atoms with E-state index in [4.69, 9.17) is 5.11 Å². The third kappa shape index (κ3) is 6.36. The number of hydrogen-bond acceptors (Lipinski definition) is 5. The van der Waals surface area contributed by atoms with E-state index in [0.29, 0.717) is 12.2 Å². The standard InChI is InChI=1S/C10H12O6/c1-6(2)10(14)16-7(3)15-9(13)5-4-8(11)12/h4-5,7H,1H2,2-3H3,(H,11,12)/b5-4-.